The molecule has 0 aliphatic carbocycles. The second kappa shape index (κ2) is 7.12. The number of nitrogens with two attached hydrogens (primary N) is 1. The van der Waals surface area contributed by atoms with Crippen LogP contribution in [0.25, 0.3) is 0 Å². The number of pyridine rings is 1. The molecule has 1 aromatic rings. The van der Waals surface area contributed by atoms with Crippen LogP contribution in [0.5, 0.6) is 5.75 Å². The molecule has 0 aliphatic heterocycles. The number of anilines is 1. The molecule has 0 aliphatic rings. The largest absolute Gasteiger partial charge is 0.490 e. The zero-order valence-corrected chi connectivity index (χ0v) is 10.9. The minimum atomic E-state index is 0.277. The van der Waals surface area contributed by atoms with Gasteiger partial charge in [0.25, 0.3) is 0 Å². The summed E-state index contributed by atoms with van der Waals surface area (Å²) in [5.41, 5.74) is 5.65. The summed E-state index contributed by atoms with van der Waals surface area (Å²) in [5.74, 6) is 2.01. The molecule has 1 aromatic heterocycles. The fourth-order valence-corrected chi connectivity index (χ4v) is 1.39. The van der Waals surface area contributed by atoms with Crippen molar-refractivity contribution in [1.29, 1.82) is 0 Å². The van der Waals surface area contributed by atoms with Gasteiger partial charge >= 0.3 is 0 Å². The van der Waals surface area contributed by atoms with Gasteiger partial charge in [-0.3, -0.25) is 0 Å². The molecule has 0 fully saturated rings. The molecule has 0 bridgehead atoms. The molecular weight excluding hydrogens is 214 g/mol. The van der Waals surface area contributed by atoms with Crippen LogP contribution in [0.3, 0.4) is 0 Å². The van der Waals surface area contributed by atoms with E-state index in [9.17, 15) is 0 Å². The quantitative estimate of drug-likeness (QED) is 0.763. The zero-order valence-electron chi connectivity index (χ0n) is 10.9. The molecule has 0 aromatic carbocycles. The molecule has 3 N–H and O–H groups in total. The van der Waals surface area contributed by atoms with E-state index >= 15 is 0 Å². The molecule has 0 saturated carbocycles. The fourth-order valence-electron chi connectivity index (χ4n) is 1.39. The molecular formula is C13H23N3O. The van der Waals surface area contributed by atoms with E-state index in [1.807, 2.05) is 12.1 Å². The summed E-state index contributed by atoms with van der Waals surface area (Å²) < 4.78 is 5.64. The lowest BCUT2D eigenvalue weighted by Crippen LogP contribution is -2.29. The third kappa shape index (κ3) is 4.23. The molecule has 2 unspecified atom stereocenters. The zero-order chi connectivity index (χ0) is 12.7. The van der Waals surface area contributed by atoms with Gasteiger partial charge in [0.2, 0.25) is 0 Å². The van der Waals surface area contributed by atoms with Gasteiger partial charge in [-0.25, -0.2) is 4.98 Å². The van der Waals surface area contributed by atoms with Crippen molar-refractivity contribution in [3.63, 3.8) is 0 Å². The molecule has 0 saturated heterocycles. The van der Waals surface area contributed by atoms with Gasteiger partial charge in [0.05, 0.1) is 6.61 Å². The lowest BCUT2D eigenvalue weighted by atomic mass is 10.0. The van der Waals surface area contributed by atoms with E-state index in [0.29, 0.717) is 19.1 Å². The van der Waals surface area contributed by atoms with E-state index in [1.165, 1.54) is 0 Å². The Morgan fingerprint density at radius 1 is 1.47 bits per heavy atom. The number of aromatic nitrogens is 1. The van der Waals surface area contributed by atoms with Crippen LogP contribution in [0, 0.1) is 5.92 Å². The van der Waals surface area contributed by atoms with Gasteiger partial charge < -0.3 is 15.8 Å². The third-order valence-electron chi connectivity index (χ3n) is 2.82. The number of hydrogen-bond donors (Lipinski definition) is 2. The summed E-state index contributed by atoms with van der Waals surface area (Å²) in [7, 11) is 0. The third-order valence-corrected chi connectivity index (χ3v) is 2.82. The molecule has 4 nitrogen and oxygen atoms in total. The fraction of sp³-hybridized carbons (Fsp3) is 0.615. The predicted molar refractivity (Wildman–Crippen MR) is 71.3 cm³/mol. The number of rotatable bonds is 7. The second-order valence-corrected chi connectivity index (χ2v) is 4.34. The topological polar surface area (TPSA) is 60.2 Å². The first-order valence-electron chi connectivity index (χ1n) is 6.23. The average molecular weight is 237 g/mol. The minimum absolute atomic E-state index is 0.277. The van der Waals surface area contributed by atoms with E-state index in [4.69, 9.17) is 10.5 Å². The number of hydrogen-bond acceptors (Lipinski definition) is 4. The molecule has 17 heavy (non-hydrogen) atoms. The van der Waals surface area contributed by atoms with Crippen LogP contribution >= 0.6 is 0 Å². The van der Waals surface area contributed by atoms with Crippen LogP contribution in [0.4, 0.5) is 5.82 Å². The normalized spacial score (nSPS) is 14.1. The summed E-state index contributed by atoms with van der Waals surface area (Å²) in [5, 5.41) is 3.35. The van der Waals surface area contributed by atoms with Gasteiger partial charge in [0, 0.05) is 12.2 Å². The predicted octanol–water partition coefficient (Wildman–Crippen LogP) is 2.27. The molecule has 0 radical (unpaired) electrons. The van der Waals surface area contributed by atoms with Crippen molar-refractivity contribution in [3.8, 4) is 5.75 Å². The SMILES string of the molecule is CCCOc1cccnc1NC(C)C(C)CN. The van der Waals surface area contributed by atoms with E-state index in [0.717, 1.165) is 18.0 Å². The minimum Gasteiger partial charge on any atom is -0.490 e. The van der Waals surface area contributed by atoms with E-state index in [1.54, 1.807) is 6.20 Å². The maximum Gasteiger partial charge on any atom is 0.168 e. The Morgan fingerprint density at radius 2 is 2.24 bits per heavy atom. The van der Waals surface area contributed by atoms with Crippen molar-refractivity contribution in [2.75, 3.05) is 18.5 Å². The Labute approximate surface area is 104 Å². The van der Waals surface area contributed by atoms with Gasteiger partial charge in [0.1, 0.15) is 0 Å². The first kappa shape index (κ1) is 13.8. The van der Waals surface area contributed by atoms with Crippen molar-refractivity contribution >= 4 is 5.82 Å². The highest BCUT2D eigenvalue weighted by Crippen LogP contribution is 2.22. The molecule has 1 heterocycles. The van der Waals surface area contributed by atoms with Crippen molar-refractivity contribution in [2.24, 2.45) is 11.7 Å². The first-order valence-corrected chi connectivity index (χ1v) is 6.23. The van der Waals surface area contributed by atoms with Crippen LogP contribution in [0.1, 0.15) is 27.2 Å². The first-order chi connectivity index (χ1) is 8.19. The van der Waals surface area contributed by atoms with Gasteiger partial charge in [-0.2, -0.15) is 0 Å². The summed E-state index contributed by atoms with van der Waals surface area (Å²) >= 11 is 0. The Kier molecular flexibility index (Phi) is 5.77. The Hall–Kier alpha value is -1.29. The number of nitrogens with zero attached hydrogens (tertiary/aromatic N) is 1. The smallest absolute Gasteiger partial charge is 0.168 e. The maximum atomic E-state index is 5.65. The molecule has 1 rings (SSSR count). The van der Waals surface area contributed by atoms with Crippen molar-refractivity contribution in [2.45, 2.75) is 33.2 Å². The van der Waals surface area contributed by atoms with Crippen LogP contribution in [-0.2, 0) is 0 Å². The standard InChI is InChI=1S/C13H23N3O/c1-4-8-17-12-6-5-7-15-13(12)16-11(3)10(2)9-14/h5-7,10-11H,4,8-9,14H2,1-3H3,(H,15,16). The number of ether oxygens (including phenoxy) is 1. The Bertz CT molecular complexity index is 330. The lowest BCUT2D eigenvalue weighted by Gasteiger charge is -2.21. The molecule has 96 valence electrons. The molecule has 0 spiro atoms. The van der Waals surface area contributed by atoms with Gasteiger partial charge in [-0.1, -0.05) is 13.8 Å². The van der Waals surface area contributed by atoms with Crippen molar-refractivity contribution < 1.29 is 4.74 Å². The van der Waals surface area contributed by atoms with Crippen molar-refractivity contribution in [3.05, 3.63) is 18.3 Å². The van der Waals surface area contributed by atoms with Crippen LogP contribution < -0.4 is 15.8 Å². The van der Waals surface area contributed by atoms with Crippen LogP contribution in [0.15, 0.2) is 18.3 Å². The average Bonchev–Trinajstić information content (AvgIpc) is 2.36. The van der Waals surface area contributed by atoms with E-state index in [2.05, 4.69) is 31.1 Å². The summed E-state index contributed by atoms with van der Waals surface area (Å²) in [4.78, 5) is 4.31. The number of nitrogens with one attached hydrogen (secondary N) is 1. The summed E-state index contributed by atoms with van der Waals surface area (Å²) in [6, 6.07) is 4.09. The highest BCUT2D eigenvalue weighted by atomic mass is 16.5. The lowest BCUT2D eigenvalue weighted by molar-refractivity contribution is 0.317. The molecule has 2 atom stereocenters. The highest BCUT2D eigenvalue weighted by molar-refractivity contribution is 5.50. The van der Waals surface area contributed by atoms with E-state index in [-0.39, 0.29) is 6.04 Å². The summed E-state index contributed by atoms with van der Waals surface area (Å²) in [6.07, 6.45) is 2.75. The Balaban J connectivity index is 2.68. The van der Waals surface area contributed by atoms with Gasteiger partial charge in [-0.15, -0.1) is 0 Å². The van der Waals surface area contributed by atoms with Crippen LogP contribution in [-0.4, -0.2) is 24.2 Å². The highest BCUT2D eigenvalue weighted by Gasteiger charge is 2.13. The maximum absolute atomic E-state index is 5.65. The van der Waals surface area contributed by atoms with Crippen molar-refractivity contribution in [1.82, 2.24) is 4.98 Å². The van der Waals surface area contributed by atoms with Crippen LogP contribution in [0.2, 0.25) is 0 Å². The monoisotopic (exact) mass is 237 g/mol. The van der Waals surface area contributed by atoms with Gasteiger partial charge in [0.15, 0.2) is 11.6 Å². The molecule has 4 heteroatoms. The van der Waals surface area contributed by atoms with Gasteiger partial charge in [-0.05, 0) is 37.9 Å². The molecule has 0 amide bonds. The second-order valence-electron chi connectivity index (χ2n) is 4.34. The Morgan fingerprint density at radius 3 is 2.88 bits per heavy atom. The summed E-state index contributed by atoms with van der Waals surface area (Å²) in [6.45, 7) is 7.68. The van der Waals surface area contributed by atoms with E-state index < -0.39 is 0 Å².